The number of rotatable bonds is 6. The summed E-state index contributed by atoms with van der Waals surface area (Å²) in [5, 5.41) is 5.16. The van der Waals surface area contributed by atoms with Gasteiger partial charge in [0.15, 0.2) is 0 Å². The second kappa shape index (κ2) is 7.31. The van der Waals surface area contributed by atoms with Crippen LogP contribution < -0.4 is 10.6 Å². The second-order valence-corrected chi connectivity index (χ2v) is 9.32. The molecule has 1 aromatic carbocycles. The van der Waals surface area contributed by atoms with Crippen LogP contribution in [0.3, 0.4) is 0 Å². The first-order chi connectivity index (χ1) is 13.3. The molecule has 1 aliphatic carbocycles. The predicted octanol–water partition coefficient (Wildman–Crippen LogP) is 3.33. The number of alkyl halides is 2. The van der Waals surface area contributed by atoms with Gasteiger partial charge in [-0.25, -0.2) is 13.2 Å². The summed E-state index contributed by atoms with van der Waals surface area (Å²) in [5.74, 6) is -4.09. The van der Waals surface area contributed by atoms with Gasteiger partial charge in [0, 0.05) is 31.6 Å². The maximum Gasteiger partial charge on any atom is 0.267 e. The van der Waals surface area contributed by atoms with Crippen LogP contribution in [0.5, 0.6) is 0 Å². The summed E-state index contributed by atoms with van der Waals surface area (Å²) < 4.78 is 40.5. The van der Waals surface area contributed by atoms with Crippen molar-refractivity contribution in [3.8, 4) is 0 Å². The second-order valence-electron chi connectivity index (χ2n) is 9.32. The van der Waals surface area contributed by atoms with Crippen molar-refractivity contribution in [2.24, 2.45) is 11.3 Å². The predicted molar refractivity (Wildman–Crippen MR) is 104 cm³/mol. The molecule has 3 rings (SSSR count). The Bertz CT molecular complexity index is 786. The highest BCUT2D eigenvalue weighted by molar-refractivity contribution is 5.93. The number of anilines is 1. The number of carbonyl (C=O) groups is 2. The van der Waals surface area contributed by atoms with E-state index in [4.69, 9.17) is 0 Å². The summed E-state index contributed by atoms with van der Waals surface area (Å²) in [7, 11) is 0. The highest BCUT2D eigenvalue weighted by Crippen LogP contribution is 2.52. The van der Waals surface area contributed by atoms with Crippen LogP contribution in [0.4, 0.5) is 18.9 Å². The minimum Gasteiger partial charge on any atom is -0.344 e. The van der Waals surface area contributed by atoms with Crippen molar-refractivity contribution < 1.29 is 22.8 Å². The Labute approximate surface area is 169 Å². The van der Waals surface area contributed by atoms with E-state index in [0.717, 1.165) is 12.5 Å². The van der Waals surface area contributed by atoms with Crippen molar-refractivity contribution in [3.05, 3.63) is 29.6 Å². The highest BCUT2D eigenvalue weighted by atomic mass is 19.3. The summed E-state index contributed by atoms with van der Waals surface area (Å²) in [6, 6.07) is 4.42. The standard InChI is InChI=1S/C21H28F3N3O2/c1-13-5-15(22)7-16(6-13)25-18(29)14-8-21(9-14)11-27(12-21)10-17(28)26-19(2,3)20(4,23)24/h5-7,14H,8-12H2,1-4H3,(H,25,29)(H,26,28). The van der Waals surface area contributed by atoms with Crippen LogP contribution in [0, 0.1) is 24.1 Å². The first-order valence-corrected chi connectivity index (χ1v) is 9.78. The molecule has 2 fully saturated rings. The number of likely N-dealkylation sites (tertiary alicyclic amines) is 1. The number of carbonyl (C=O) groups excluding carboxylic acids is 2. The Morgan fingerprint density at radius 3 is 2.34 bits per heavy atom. The van der Waals surface area contributed by atoms with Gasteiger partial charge in [-0.05, 0) is 62.8 Å². The molecule has 2 aliphatic rings. The summed E-state index contributed by atoms with van der Waals surface area (Å²) in [6.45, 7) is 6.57. The molecular weight excluding hydrogens is 383 g/mol. The fourth-order valence-corrected chi connectivity index (χ4v) is 4.20. The Morgan fingerprint density at radius 2 is 1.79 bits per heavy atom. The normalized spacial score (nSPS) is 19.4. The number of hydrogen-bond donors (Lipinski definition) is 2. The minimum atomic E-state index is -3.02. The molecule has 0 radical (unpaired) electrons. The molecule has 1 saturated carbocycles. The first kappa shape index (κ1) is 21.6. The van der Waals surface area contributed by atoms with Crippen LogP contribution in [-0.4, -0.2) is 47.8 Å². The minimum absolute atomic E-state index is 0.0182. The zero-order valence-electron chi connectivity index (χ0n) is 17.2. The lowest BCUT2D eigenvalue weighted by molar-refractivity contribution is -0.146. The molecule has 5 nitrogen and oxygen atoms in total. The zero-order valence-corrected chi connectivity index (χ0v) is 17.2. The van der Waals surface area contributed by atoms with Crippen molar-refractivity contribution >= 4 is 17.5 Å². The third-order valence-electron chi connectivity index (χ3n) is 6.07. The number of aryl methyl sites for hydroxylation is 1. The van der Waals surface area contributed by atoms with Gasteiger partial charge < -0.3 is 10.6 Å². The van der Waals surface area contributed by atoms with Crippen LogP contribution in [-0.2, 0) is 9.59 Å². The van der Waals surface area contributed by atoms with E-state index in [1.165, 1.54) is 26.0 Å². The van der Waals surface area contributed by atoms with Crippen LogP contribution >= 0.6 is 0 Å². The molecule has 1 aromatic rings. The van der Waals surface area contributed by atoms with E-state index in [-0.39, 0.29) is 29.6 Å². The molecular formula is C21H28F3N3O2. The number of nitrogens with one attached hydrogen (secondary N) is 2. The third-order valence-corrected chi connectivity index (χ3v) is 6.07. The fraction of sp³-hybridized carbons (Fsp3) is 0.619. The van der Waals surface area contributed by atoms with Gasteiger partial charge >= 0.3 is 0 Å². The van der Waals surface area contributed by atoms with E-state index >= 15 is 0 Å². The molecule has 8 heteroatoms. The smallest absolute Gasteiger partial charge is 0.267 e. The number of nitrogens with zero attached hydrogens (tertiary/aromatic N) is 1. The molecule has 2 amide bonds. The molecule has 1 spiro atoms. The Balaban J connectivity index is 1.42. The van der Waals surface area contributed by atoms with Gasteiger partial charge in [-0.2, -0.15) is 0 Å². The molecule has 1 heterocycles. The Kier molecular flexibility index (Phi) is 5.45. The van der Waals surface area contributed by atoms with Gasteiger partial charge in [-0.15, -0.1) is 0 Å². The fourth-order valence-electron chi connectivity index (χ4n) is 4.20. The molecule has 1 aliphatic heterocycles. The lowest BCUT2D eigenvalue weighted by Gasteiger charge is -2.58. The maximum absolute atomic E-state index is 13.5. The number of amides is 2. The van der Waals surface area contributed by atoms with Gasteiger partial charge in [-0.3, -0.25) is 14.5 Å². The van der Waals surface area contributed by atoms with Crippen LogP contribution in [0.15, 0.2) is 18.2 Å². The van der Waals surface area contributed by atoms with Gasteiger partial charge in [0.2, 0.25) is 11.8 Å². The molecule has 0 bridgehead atoms. The molecule has 1 saturated heterocycles. The average Bonchev–Trinajstić information content (AvgIpc) is 2.45. The highest BCUT2D eigenvalue weighted by Gasteiger charge is 2.54. The van der Waals surface area contributed by atoms with Crippen LogP contribution in [0.2, 0.25) is 0 Å². The van der Waals surface area contributed by atoms with Crippen LogP contribution in [0.25, 0.3) is 0 Å². The Morgan fingerprint density at radius 1 is 1.17 bits per heavy atom. The van der Waals surface area contributed by atoms with Gasteiger partial charge in [0.1, 0.15) is 5.82 Å². The topological polar surface area (TPSA) is 61.4 Å². The zero-order chi connectivity index (χ0) is 21.6. The molecule has 0 aromatic heterocycles. The van der Waals surface area contributed by atoms with Gasteiger partial charge in [0.05, 0.1) is 12.1 Å². The number of hydrogen-bond acceptors (Lipinski definition) is 3. The van der Waals surface area contributed by atoms with E-state index in [2.05, 4.69) is 10.6 Å². The van der Waals surface area contributed by atoms with Crippen molar-refractivity contribution in [3.63, 3.8) is 0 Å². The molecule has 29 heavy (non-hydrogen) atoms. The van der Waals surface area contributed by atoms with E-state index in [1.54, 1.807) is 13.0 Å². The largest absolute Gasteiger partial charge is 0.344 e. The average molecular weight is 411 g/mol. The van der Waals surface area contributed by atoms with E-state index in [0.29, 0.717) is 31.6 Å². The monoisotopic (exact) mass is 411 g/mol. The van der Waals surface area contributed by atoms with E-state index in [9.17, 15) is 22.8 Å². The number of halogens is 3. The van der Waals surface area contributed by atoms with E-state index in [1.807, 2.05) is 4.90 Å². The van der Waals surface area contributed by atoms with Crippen molar-refractivity contribution in [2.45, 2.75) is 52.0 Å². The first-order valence-electron chi connectivity index (χ1n) is 9.78. The molecule has 2 N–H and O–H groups in total. The lowest BCUT2D eigenvalue weighted by Crippen LogP contribution is -2.66. The van der Waals surface area contributed by atoms with Crippen LogP contribution in [0.1, 0.15) is 39.2 Å². The summed E-state index contributed by atoms with van der Waals surface area (Å²) in [5.41, 5.74) is -0.399. The summed E-state index contributed by atoms with van der Waals surface area (Å²) in [6.07, 6.45) is 1.42. The van der Waals surface area contributed by atoms with Gasteiger partial charge in [0.25, 0.3) is 5.92 Å². The van der Waals surface area contributed by atoms with Crippen molar-refractivity contribution in [1.82, 2.24) is 10.2 Å². The summed E-state index contributed by atoms with van der Waals surface area (Å²) >= 11 is 0. The maximum atomic E-state index is 13.5. The van der Waals surface area contributed by atoms with Crippen molar-refractivity contribution in [2.75, 3.05) is 25.0 Å². The number of benzene rings is 1. The van der Waals surface area contributed by atoms with Gasteiger partial charge in [-0.1, -0.05) is 0 Å². The Hall–Kier alpha value is -2.09. The third kappa shape index (κ3) is 4.74. The molecule has 0 atom stereocenters. The molecule has 160 valence electrons. The summed E-state index contributed by atoms with van der Waals surface area (Å²) in [4.78, 5) is 26.4. The van der Waals surface area contributed by atoms with E-state index < -0.39 is 17.4 Å². The molecule has 0 unspecified atom stereocenters. The lowest BCUT2D eigenvalue weighted by atomic mass is 9.57. The van der Waals surface area contributed by atoms with Crippen molar-refractivity contribution in [1.29, 1.82) is 0 Å². The SMILES string of the molecule is Cc1cc(F)cc(NC(=O)C2CC3(C2)CN(CC(=O)NC(C)(C)C(C)(F)F)C3)c1. The quantitative estimate of drug-likeness (QED) is 0.755.